The normalized spacial score (nSPS) is 11.6. The van der Waals surface area contributed by atoms with Gasteiger partial charge in [-0.1, -0.05) is 30.9 Å². The minimum absolute atomic E-state index is 0.0354. The van der Waals surface area contributed by atoms with Crippen LogP contribution in [0.5, 0.6) is 0 Å². The van der Waals surface area contributed by atoms with Gasteiger partial charge in [-0.25, -0.2) is 4.79 Å². The lowest BCUT2D eigenvalue weighted by Crippen LogP contribution is -2.85. The van der Waals surface area contributed by atoms with Crippen LogP contribution in [0.4, 0.5) is 13.2 Å². The topological polar surface area (TPSA) is 191 Å². The molecule has 0 saturated carbocycles. The first-order valence-corrected chi connectivity index (χ1v) is 9.31. The van der Waals surface area contributed by atoms with Gasteiger partial charge in [-0.05, 0) is 18.2 Å². The number of benzene rings is 1. The number of aliphatic carboxylic acids is 1. The summed E-state index contributed by atoms with van der Waals surface area (Å²) in [4.78, 5) is 47.3. The Balaban J connectivity index is 0.00000135. The van der Waals surface area contributed by atoms with Gasteiger partial charge < -0.3 is 25.3 Å². The van der Waals surface area contributed by atoms with E-state index in [1.165, 1.54) is 19.1 Å². The van der Waals surface area contributed by atoms with Crippen molar-refractivity contribution in [3.8, 4) is 0 Å². The van der Waals surface area contributed by atoms with Gasteiger partial charge in [0.1, 0.15) is 24.3 Å². The van der Waals surface area contributed by atoms with E-state index in [1.54, 1.807) is 30.3 Å². The number of carboxylic acids is 1. The van der Waals surface area contributed by atoms with Crippen molar-refractivity contribution in [1.29, 1.82) is 0 Å². The summed E-state index contributed by atoms with van der Waals surface area (Å²) in [7, 11) is 0. The van der Waals surface area contributed by atoms with E-state index in [0.29, 0.717) is 5.56 Å². The number of carboxylic acid groups (broad SMARTS) is 1. The van der Waals surface area contributed by atoms with Crippen LogP contribution in [0.2, 0.25) is 0 Å². The number of ether oxygens (including phenoxy) is 1. The van der Waals surface area contributed by atoms with E-state index in [1.807, 2.05) is 0 Å². The fourth-order valence-electron chi connectivity index (χ4n) is 1.98. The van der Waals surface area contributed by atoms with Crippen LogP contribution in [0.3, 0.4) is 0 Å². The Labute approximate surface area is 192 Å². The molecule has 0 aliphatic heterocycles. The molecule has 1 aromatic rings. The standard InChI is InChI=1S/C18H23N5O4.C2HF3O2/c1-3-9-27-17(26)15(23-16(25)13-7-5-4-6-8-13)10-14(22-18(19)20)11-21-12(2)24;3-2(4,5)1(6)7/h3-8,10,14H,1,9,11H2,2H3,(H,21,24)(H,23,25)(H4,19,20,22);(H,6,7)/b15-10-;. The van der Waals surface area contributed by atoms with Crippen molar-refractivity contribution >= 4 is 29.7 Å². The molecule has 186 valence electrons. The molecule has 1 unspecified atom stereocenters. The number of hydrogen-bond acceptors (Lipinski definition) is 6. The lowest BCUT2D eigenvalue weighted by atomic mass is 10.2. The molecule has 0 aliphatic rings. The number of halogens is 3. The number of nitrogens with one attached hydrogen (secondary N) is 3. The second-order valence-electron chi connectivity index (χ2n) is 6.22. The zero-order valence-corrected chi connectivity index (χ0v) is 18.0. The van der Waals surface area contributed by atoms with Crippen LogP contribution in [-0.2, 0) is 19.1 Å². The van der Waals surface area contributed by atoms with E-state index < -0.39 is 30.1 Å². The zero-order chi connectivity index (χ0) is 26.3. The monoisotopic (exact) mass is 487 g/mol. The number of carbonyl (C=O) groups is 4. The maximum Gasteiger partial charge on any atom is 0.430 e. The highest BCUT2D eigenvalue weighted by molar-refractivity contribution is 6.01. The molecule has 0 radical (unpaired) electrons. The molecule has 1 rings (SSSR count). The molecular weight excluding hydrogens is 463 g/mol. The van der Waals surface area contributed by atoms with Crippen LogP contribution in [0.25, 0.3) is 0 Å². The predicted molar refractivity (Wildman–Crippen MR) is 111 cm³/mol. The Morgan fingerprint density at radius 1 is 1.21 bits per heavy atom. The first-order chi connectivity index (χ1) is 15.8. The summed E-state index contributed by atoms with van der Waals surface area (Å²) in [6, 6.07) is 7.68. The Morgan fingerprint density at radius 2 is 1.76 bits per heavy atom. The molecular formula is C20H24F3N5O6. The third-order valence-electron chi connectivity index (χ3n) is 3.36. The Morgan fingerprint density at radius 3 is 2.21 bits per heavy atom. The molecule has 1 aromatic carbocycles. The van der Waals surface area contributed by atoms with Crippen molar-refractivity contribution in [3.63, 3.8) is 0 Å². The summed E-state index contributed by atoms with van der Waals surface area (Å²) < 4.78 is 36.5. The minimum atomic E-state index is -5.19. The van der Waals surface area contributed by atoms with Gasteiger partial charge in [0, 0.05) is 12.5 Å². The third kappa shape index (κ3) is 13.1. The number of rotatable bonds is 9. The van der Waals surface area contributed by atoms with Crippen molar-refractivity contribution in [2.75, 3.05) is 13.2 Å². The van der Waals surface area contributed by atoms with Crippen molar-refractivity contribution in [1.82, 2.24) is 10.6 Å². The van der Waals surface area contributed by atoms with Crippen LogP contribution >= 0.6 is 0 Å². The number of alkyl halides is 3. The molecule has 14 heteroatoms. The van der Waals surface area contributed by atoms with Crippen LogP contribution in [-0.4, -0.2) is 55.1 Å². The van der Waals surface area contributed by atoms with Gasteiger partial charge in [0.15, 0.2) is 0 Å². The predicted octanol–water partition coefficient (Wildman–Crippen LogP) is -2.81. The molecule has 0 fully saturated rings. The average Bonchev–Trinajstić information content (AvgIpc) is 2.75. The molecule has 0 saturated heterocycles. The molecule has 0 aliphatic carbocycles. The molecule has 0 heterocycles. The lowest BCUT2D eigenvalue weighted by molar-refractivity contribution is -0.488. The van der Waals surface area contributed by atoms with E-state index in [2.05, 4.69) is 22.2 Å². The summed E-state index contributed by atoms with van der Waals surface area (Å²) in [6.07, 6.45) is -2.44. The number of hydrogen-bond donors (Lipinski definition) is 5. The van der Waals surface area contributed by atoms with E-state index in [9.17, 15) is 27.6 Å². The molecule has 34 heavy (non-hydrogen) atoms. The Kier molecular flexibility index (Phi) is 12.8. The van der Waals surface area contributed by atoms with Crippen LogP contribution < -0.4 is 32.2 Å². The summed E-state index contributed by atoms with van der Waals surface area (Å²) >= 11 is 0. The number of guanidine groups is 1. The number of carbonyl (C=O) groups excluding carboxylic acids is 4. The SMILES string of the molecule is C=CCOC(=O)/C(=C/C(CNC(C)=O)[NH+]=C(N)N)NC(=O)c1ccccc1.O=C([O-])C(F)(F)F. The fourth-order valence-corrected chi connectivity index (χ4v) is 1.98. The molecule has 0 bridgehead atoms. The van der Waals surface area contributed by atoms with Gasteiger partial charge in [-0.2, -0.15) is 13.2 Å². The van der Waals surface area contributed by atoms with Gasteiger partial charge in [0.25, 0.3) is 5.91 Å². The molecule has 11 nitrogen and oxygen atoms in total. The van der Waals surface area contributed by atoms with Gasteiger partial charge >= 0.3 is 18.1 Å². The first kappa shape index (κ1) is 29.6. The second kappa shape index (κ2) is 14.7. The highest BCUT2D eigenvalue weighted by atomic mass is 19.4. The summed E-state index contributed by atoms with van der Waals surface area (Å²) in [6.45, 7) is 4.85. The van der Waals surface area contributed by atoms with E-state index in [4.69, 9.17) is 26.1 Å². The smallest absolute Gasteiger partial charge is 0.430 e. The van der Waals surface area contributed by atoms with E-state index in [0.717, 1.165) is 0 Å². The first-order valence-electron chi connectivity index (χ1n) is 9.31. The second-order valence-corrected chi connectivity index (χ2v) is 6.22. The molecule has 2 amide bonds. The largest absolute Gasteiger partial charge is 0.542 e. The van der Waals surface area contributed by atoms with Crippen LogP contribution in [0, 0.1) is 0 Å². The number of esters is 1. The van der Waals surface area contributed by atoms with Gasteiger partial charge in [-0.15, -0.1) is 0 Å². The fraction of sp³-hybridized carbons (Fsp3) is 0.250. The van der Waals surface area contributed by atoms with Gasteiger partial charge in [0.2, 0.25) is 5.91 Å². The Bertz CT molecular complexity index is 928. The Hall–Kier alpha value is -4.36. The van der Waals surface area contributed by atoms with Crippen molar-refractivity contribution in [2.24, 2.45) is 11.5 Å². The third-order valence-corrected chi connectivity index (χ3v) is 3.36. The van der Waals surface area contributed by atoms with Crippen molar-refractivity contribution in [3.05, 3.63) is 60.3 Å². The lowest BCUT2D eigenvalue weighted by Gasteiger charge is -2.13. The molecule has 0 spiro atoms. The average molecular weight is 487 g/mol. The summed E-state index contributed by atoms with van der Waals surface area (Å²) in [5.74, 6) is -4.68. The van der Waals surface area contributed by atoms with Crippen molar-refractivity contribution in [2.45, 2.75) is 19.1 Å². The summed E-state index contributed by atoms with van der Waals surface area (Å²) in [5.41, 5.74) is 11.1. The summed E-state index contributed by atoms with van der Waals surface area (Å²) in [5, 5.41) is 13.9. The van der Waals surface area contributed by atoms with E-state index in [-0.39, 0.29) is 30.7 Å². The highest BCUT2D eigenvalue weighted by Crippen LogP contribution is 2.11. The minimum Gasteiger partial charge on any atom is -0.542 e. The van der Waals surface area contributed by atoms with Crippen LogP contribution in [0.1, 0.15) is 17.3 Å². The molecule has 0 aromatic heterocycles. The maximum absolute atomic E-state index is 12.4. The van der Waals surface area contributed by atoms with Gasteiger partial charge in [-0.3, -0.25) is 26.0 Å². The maximum atomic E-state index is 12.4. The zero-order valence-electron chi connectivity index (χ0n) is 18.0. The quantitative estimate of drug-likeness (QED) is 0.0810. The van der Waals surface area contributed by atoms with Crippen molar-refractivity contribution < 1.29 is 47.2 Å². The van der Waals surface area contributed by atoms with Gasteiger partial charge in [0.05, 0.1) is 6.54 Å². The van der Waals surface area contributed by atoms with E-state index >= 15 is 0 Å². The number of amides is 2. The van der Waals surface area contributed by atoms with Crippen LogP contribution in [0.15, 0.2) is 54.8 Å². The number of nitrogens with two attached hydrogens (primary N) is 2. The highest BCUT2D eigenvalue weighted by Gasteiger charge is 2.28. The molecule has 7 N–H and O–H groups in total. The molecule has 1 atom stereocenters.